The number of carbonyl (C=O) groups is 1. The third-order valence-electron chi connectivity index (χ3n) is 2.42. The number of hydrogen-bond acceptors (Lipinski definition) is 3. The fourth-order valence-electron chi connectivity index (χ4n) is 1.50. The van der Waals surface area contributed by atoms with Gasteiger partial charge in [-0.3, -0.25) is 9.78 Å². The molecule has 19 heavy (non-hydrogen) atoms. The Bertz CT molecular complexity index is 546. The van der Waals surface area contributed by atoms with Crippen LogP contribution in [0.25, 0.3) is 0 Å². The lowest BCUT2D eigenvalue weighted by Gasteiger charge is -2.07. The fraction of sp³-hybridized carbons (Fsp3) is 0.143. The minimum atomic E-state index is -0.635. The van der Waals surface area contributed by atoms with Gasteiger partial charge in [-0.1, -0.05) is 18.2 Å². The molecule has 2 rings (SSSR count). The molecule has 2 aromatic rings. The van der Waals surface area contributed by atoms with Gasteiger partial charge in [0.15, 0.2) is 5.82 Å². The molecule has 0 radical (unpaired) electrons. The SMILES string of the molecule is O=C(NCCOc1ccccc1)c1ccncc1F. The Kier molecular flexibility index (Phi) is 4.44. The van der Waals surface area contributed by atoms with Crippen LogP contribution in [-0.2, 0) is 0 Å². The molecule has 0 aliphatic rings. The molecule has 0 aliphatic carbocycles. The number of amides is 1. The van der Waals surface area contributed by atoms with Gasteiger partial charge in [0, 0.05) is 6.20 Å². The van der Waals surface area contributed by atoms with E-state index < -0.39 is 11.7 Å². The van der Waals surface area contributed by atoms with Crippen molar-refractivity contribution in [3.05, 3.63) is 60.2 Å². The van der Waals surface area contributed by atoms with Crippen molar-refractivity contribution in [1.29, 1.82) is 0 Å². The smallest absolute Gasteiger partial charge is 0.254 e. The van der Waals surface area contributed by atoms with Gasteiger partial charge < -0.3 is 10.1 Å². The number of pyridine rings is 1. The van der Waals surface area contributed by atoms with Crippen LogP contribution in [0.2, 0.25) is 0 Å². The zero-order chi connectivity index (χ0) is 13.5. The van der Waals surface area contributed by atoms with Crippen molar-refractivity contribution in [2.45, 2.75) is 0 Å². The molecule has 1 aromatic heterocycles. The zero-order valence-corrected chi connectivity index (χ0v) is 10.2. The van der Waals surface area contributed by atoms with Crippen LogP contribution in [0.15, 0.2) is 48.8 Å². The minimum Gasteiger partial charge on any atom is -0.492 e. The Balaban J connectivity index is 1.77. The molecule has 1 aromatic carbocycles. The first kappa shape index (κ1) is 13.0. The summed E-state index contributed by atoms with van der Waals surface area (Å²) < 4.78 is 18.7. The Morgan fingerprint density at radius 1 is 1.26 bits per heavy atom. The van der Waals surface area contributed by atoms with Crippen molar-refractivity contribution < 1.29 is 13.9 Å². The standard InChI is InChI=1S/C14H13FN2O2/c15-13-10-16-7-6-12(13)14(18)17-8-9-19-11-4-2-1-3-5-11/h1-7,10H,8-9H2,(H,17,18). The molecule has 0 spiro atoms. The Hall–Kier alpha value is -2.43. The molecule has 0 saturated carbocycles. The second-order valence-electron chi connectivity index (χ2n) is 3.77. The number of rotatable bonds is 5. The number of hydrogen-bond donors (Lipinski definition) is 1. The summed E-state index contributed by atoms with van der Waals surface area (Å²) in [5.41, 5.74) is -0.0188. The summed E-state index contributed by atoms with van der Waals surface area (Å²) in [7, 11) is 0. The first-order chi connectivity index (χ1) is 9.27. The summed E-state index contributed by atoms with van der Waals surface area (Å²) in [6.07, 6.45) is 2.38. The Labute approximate surface area is 110 Å². The predicted molar refractivity (Wildman–Crippen MR) is 68.5 cm³/mol. The van der Waals surface area contributed by atoms with Crippen LogP contribution in [0.1, 0.15) is 10.4 Å². The van der Waals surface area contributed by atoms with E-state index in [2.05, 4.69) is 10.3 Å². The summed E-state index contributed by atoms with van der Waals surface area (Å²) in [5, 5.41) is 2.58. The number of nitrogens with zero attached hydrogens (tertiary/aromatic N) is 1. The molecule has 98 valence electrons. The first-order valence-electron chi connectivity index (χ1n) is 5.83. The van der Waals surface area contributed by atoms with Crippen molar-refractivity contribution in [3.8, 4) is 5.75 Å². The number of para-hydroxylation sites is 1. The van der Waals surface area contributed by atoms with Crippen LogP contribution in [0.5, 0.6) is 5.75 Å². The maximum Gasteiger partial charge on any atom is 0.254 e. The third kappa shape index (κ3) is 3.77. The molecule has 4 nitrogen and oxygen atoms in total. The molecular weight excluding hydrogens is 247 g/mol. The van der Waals surface area contributed by atoms with E-state index in [-0.39, 0.29) is 5.56 Å². The highest BCUT2D eigenvalue weighted by Gasteiger charge is 2.10. The fourth-order valence-corrected chi connectivity index (χ4v) is 1.50. The summed E-state index contributed by atoms with van der Waals surface area (Å²) in [6.45, 7) is 0.623. The second kappa shape index (κ2) is 6.49. The summed E-state index contributed by atoms with van der Waals surface area (Å²) in [5.74, 6) is -0.382. The number of carbonyl (C=O) groups excluding carboxylic acids is 1. The molecule has 0 atom stereocenters. The van der Waals surface area contributed by atoms with Crippen LogP contribution < -0.4 is 10.1 Å². The number of nitrogens with one attached hydrogen (secondary N) is 1. The molecular formula is C14H13FN2O2. The highest BCUT2D eigenvalue weighted by molar-refractivity contribution is 5.94. The van der Waals surface area contributed by atoms with E-state index in [0.29, 0.717) is 13.2 Å². The summed E-state index contributed by atoms with van der Waals surface area (Å²) >= 11 is 0. The summed E-state index contributed by atoms with van der Waals surface area (Å²) in [6, 6.07) is 10.6. The molecule has 1 N–H and O–H groups in total. The largest absolute Gasteiger partial charge is 0.492 e. The molecule has 0 saturated heterocycles. The van der Waals surface area contributed by atoms with E-state index >= 15 is 0 Å². The number of halogens is 1. The number of benzene rings is 1. The van der Waals surface area contributed by atoms with E-state index in [1.807, 2.05) is 30.3 Å². The van der Waals surface area contributed by atoms with Gasteiger partial charge in [0.25, 0.3) is 5.91 Å². The molecule has 5 heteroatoms. The van der Waals surface area contributed by atoms with Crippen molar-refractivity contribution in [3.63, 3.8) is 0 Å². The first-order valence-corrected chi connectivity index (χ1v) is 5.83. The highest BCUT2D eigenvalue weighted by atomic mass is 19.1. The van der Waals surface area contributed by atoms with Gasteiger partial charge in [-0.05, 0) is 18.2 Å². The number of ether oxygens (including phenoxy) is 1. The second-order valence-corrected chi connectivity index (χ2v) is 3.77. The molecule has 1 amide bonds. The van der Waals surface area contributed by atoms with Crippen molar-refractivity contribution >= 4 is 5.91 Å². The van der Waals surface area contributed by atoms with Gasteiger partial charge in [0.05, 0.1) is 18.3 Å². The van der Waals surface area contributed by atoms with E-state index in [4.69, 9.17) is 4.74 Å². The van der Waals surface area contributed by atoms with E-state index in [0.717, 1.165) is 11.9 Å². The molecule has 1 heterocycles. The van der Waals surface area contributed by atoms with E-state index in [9.17, 15) is 9.18 Å². The van der Waals surface area contributed by atoms with Gasteiger partial charge in [-0.25, -0.2) is 4.39 Å². The van der Waals surface area contributed by atoms with Gasteiger partial charge in [0.1, 0.15) is 12.4 Å². The van der Waals surface area contributed by atoms with Gasteiger partial charge >= 0.3 is 0 Å². The molecule has 0 fully saturated rings. The van der Waals surface area contributed by atoms with Crippen LogP contribution in [0, 0.1) is 5.82 Å². The zero-order valence-electron chi connectivity index (χ0n) is 10.2. The number of aromatic nitrogens is 1. The van der Waals surface area contributed by atoms with Crippen LogP contribution in [0.4, 0.5) is 4.39 Å². The topological polar surface area (TPSA) is 51.2 Å². The third-order valence-corrected chi connectivity index (χ3v) is 2.42. The lowest BCUT2D eigenvalue weighted by Crippen LogP contribution is -2.28. The van der Waals surface area contributed by atoms with Crippen LogP contribution in [-0.4, -0.2) is 24.0 Å². The quantitative estimate of drug-likeness (QED) is 0.837. The van der Waals surface area contributed by atoms with Gasteiger partial charge in [0.2, 0.25) is 0 Å². The maximum atomic E-state index is 13.3. The maximum absolute atomic E-state index is 13.3. The lowest BCUT2D eigenvalue weighted by molar-refractivity contribution is 0.0943. The average molecular weight is 260 g/mol. The highest BCUT2D eigenvalue weighted by Crippen LogP contribution is 2.07. The Morgan fingerprint density at radius 3 is 2.79 bits per heavy atom. The monoisotopic (exact) mass is 260 g/mol. The molecule has 0 aliphatic heterocycles. The summed E-state index contributed by atoms with van der Waals surface area (Å²) in [4.78, 5) is 15.2. The van der Waals surface area contributed by atoms with Crippen molar-refractivity contribution in [2.75, 3.05) is 13.2 Å². The van der Waals surface area contributed by atoms with Crippen LogP contribution >= 0.6 is 0 Å². The van der Waals surface area contributed by atoms with E-state index in [1.54, 1.807) is 0 Å². The predicted octanol–water partition coefficient (Wildman–Crippen LogP) is 2.03. The Morgan fingerprint density at radius 2 is 2.05 bits per heavy atom. The van der Waals surface area contributed by atoms with Gasteiger partial charge in [-0.2, -0.15) is 0 Å². The molecule has 0 bridgehead atoms. The minimum absolute atomic E-state index is 0.0188. The normalized spacial score (nSPS) is 9.95. The average Bonchev–Trinajstić information content (AvgIpc) is 2.45. The van der Waals surface area contributed by atoms with Crippen molar-refractivity contribution in [2.24, 2.45) is 0 Å². The lowest BCUT2D eigenvalue weighted by atomic mass is 10.2. The van der Waals surface area contributed by atoms with Gasteiger partial charge in [-0.15, -0.1) is 0 Å². The van der Waals surface area contributed by atoms with Crippen LogP contribution in [0.3, 0.4) is 0 Å². The van der Waals surface area contributed by atoms with Crippen molar-refractivity contribution in [1.82, 2.24) is 10.3 Å². The van der Waals surface area contributed by atoms with E-state index in [1.165, 1.54) is 12.3 Å². The molecule has 0 unspecified atom stereocenters.